The number of hydrogen-bond donors (Lipinski definition) is 1. The Morgan fingerprint density at radius 1 is 0.771 bits per heavy atom. The average Bonchev–Trinajstić information content (AvgIpc) is 2.90. The van der Waals surface area contributed by atoms with Crippen molar-refractivity contribution in [3.63, 3.8) is 0 Å². The van der Waals surface area contributed by atoms with E-state index in [-0.39, 0.29) is 11.8 Å². The van der Waals surface area contributed by atoms with Crippen molar-refractivity contribution in [1.29, 1.82) is 0 Å². The standard InChI is InChI=1S/C31H38N2O2/c1-3-5-22-32-31(35)29(23-27-12-8-6-9-13-27)33(24-28-14-10-7-11-15-28)30(34)21-20-26-18-16-25(4-2)17-19-26/h6-19,29H,3-5,20-24H2,1-2H3,(H,32,35). The molecule has 0 aliphatic carbocycles. The minimum Gasteiger partial charge on any atom is -0.354 e. The molecule has 0 bridgehead atoms. The van der Waals surface area contributed by atoms with E-state index in [1.165, 1.54) is 5.56 Å². The van der Waals surface area contributed by atoms with Crippen LogP contribution in [-0.2, 0) is 35.4 Å². The summed E-state index contributed by atoms with van der Waals surface area (Å²) in [6, 6.07) is 27.8. The van der Waals surface area contributed by atoms with E-state index in [1.54, 1.807) is 4.90 Å². The predicted octanol–water partition coefficient (Wildman–Crippen LogP) is 5.74. The van der Waals surface area contributed by atoms with Crippen molar-refractivity contribution < 1.29 is 9.59 Å². The lowest BCUT2D eigenvalue weighted by molar-refractivity contribution is -0.141. The van der Waals surface area contributed by atoms with Gasteiger partial charge in [0.15, 0.2) is 0 Å². The highest BCUT2D eigenvalue weighted by atomic mass is 16.2. The lowest BCUT2D eigenvalue weighted by atomic mass is 10.0. The SMILES string of the molecule is CCCCNC(=O)C(Cc1ccccc1)N(Cc1ccccc1)C(=O)CCc1ccc(CC)cc1. The molecule has 0 saturated heterocycles. The van der Waals surface area contributed by atoms with Gasteiger partial charge in [-0.1, -0.05) is 105 Å². The lowest BCUT2D eigenvalue weighted by Gasteiger charge is -2.31. The van der Waals surface area contributed by atoms with Gasteiger partial charge in [-0.2, -0.15) is 0 Å². The summed E-state index contributed by atoms with van der Waals surface area (Å²) in [7, 11) is 0. The summed E-state index contributed by atoms with van der Waals surface area (Å²) in [6.45, 7) is 5.27. The van der Waals surface area contributed by atoms with Crippen molar-refractivity contribution in [1.82, 2.24) is 10.2 Å². The van der Waals surface area contributed by atoms with Crippen LogP contribution in [0.1, 0.15) is 55.4 Å². The number of rotatable bonds is 13. The molecule has 3 aromatic rings. The number of carbonyl (C=O) groups excluding carboxylic acids is 2. The number of nitrogens with one attached hydrogen (secondary N) is 1. The van der Waals surface area contributed by atoms with Crippen molar-refractivity contribution in [2.45, 2.75) is 65.0 Å². The van der Waals surface area contributed by atoms with Gasteiger partial charge in [0.1, 0.15) is 6.04 Å². The summed E-state index contributed by atoms with van der Waals surface area (Å²) in [5.41, 5.74) is 4.50. The first-order chi connectivity index (χ1) is 17.1. The molecule has 0 heterocycles. The van der Waals surface area contributed by atoms with Gasteiger partial charge in [0.2, 0.25) is 11.8 Å². The summed E-state index contributed by atoms with van der Waals surface area (Å²) in [4.78, 5) is 28.8. The van der Waals surface area contributed by atoms with Crippen LogP contribution in [0.5, 0.6) is 0 Å². The molecule has 1 N–H and O–H groups in total. The van der Waals surface area contributed by atoms with Crippen LogP contribution in [-0.4, -0.2) is 29.3 Å². The van der Waals surface area contributed by atoms with Crippen LogP contribution < -0.4 is 5.32 Å². The van der Waals surface area contributed by atoms with Gasteiger partial charge in [-0.15, -0.1) is 0 Å². The van der Waals surface area contributed by atoms with E-state index >= 15 is 0 Å². The topological polar surface area (TPSA) is 49.4 Å². The Bertz CT molecular complexity index is 1030. The molecule has 2 amide bonds. The van der Waals surface area contributed by atoms with Crippen LogP contribution in [0, 0.1) is 0 Å². The zero-order chi connectivity index (χ0) is 24.9. The first kappa shape index (κ1) is 26.2. The third kappa shape index (κ3) is 8.40. The second kappa shape index (κ2) is 14.1. The smallest absolute Gasteiger partial charge is 0.243 e. The Hall–Kier alpha value is -3.40. The predicted molar refractivity (Wildman–Crippen MR) is 143 cm³/mol. The molecule has 4 heteroatoms. The number of unbranched alkanes of at least 4 members (excludes halogenated alkanes) is 1. The van der Waals surface area contributed by atoms with Crippen LogP contribution in [0.2, 0.25) is 0 Å². The number of amides is 2. The van der Waals surface area contributed by atoms with Gasteiger partial charge in [-0.25, -0.2) is 0 Å². The zero-order valence-electron chi connectivity index (χ0n) is 21.1. The van der Waals surface area contributed by atoms with Gasteiger partial charge < -0.3 is 10.2 Å². The van der Waals surface area contributed by atoms with Crippen LogP contribution in [0.4, 0.5) is 0 Å². The Morgan fingerprint density at radius 3 is 1.97 bits per heavy atom. The fourth-order valence-corrected chi connectivity index (χ4v) is 4.18. The van der Waals surface area contributed by atoms with Crippen molar-refractivity contribution >= 4 is 11.8 Å². The third-order valence-corrected chi connectivity index (χ3v) is 6.36. The second-order valence-corrected chi connectivity index (χ2v) is 9.03. The molecule has 0 aromatic heterocycles. The molecule has 184 valence electrons. The van der Waals surface area contributed by atoms with Crippen LogP contribution in [0.25, 0.3) is 0 Å². The monoisotopic (exact) mass is 470 g/mol. The van der Waals surface area contributed by atoms with Gasteiger partial charge in [0.05, 0.1) is 0 Å². The van der Waals surface area contributed by atoms with Crippen molar-refractivity contribution in [3.8, 4) is 0 Å². The molecule has 3 rings (SSSR count). The Morgan fingerprint density at radius 2 is 1.37 bits per heavy atom. The summed E-state index contributed by atoms with van der Waals surface area (Å²) >= 11 is 0. The molecule has 1 unspecified atom stereocenters. The fraction of sp³-hybridized carbons (Fsp3) is 0.355. The fourth-order valence-electron chi connectivity index (χ4n) is 4.18. The second-order valence-electron chi connectivity index (χ2n) is 9.03. The van der Waals surface area contributed by atoms with Crippen LogP contribution >= 0.6 is 0 Å². The van der Waals surface area contributed by atoms with E-state index in [0.717, 1.165) is 36.0 Å². The average molecular weight is 471 g/mol. The highest BCUT2D eigenvalue weighted by Gasteiger charge is 2.30. The van der Waals surface area contributed by atoms with Crippen molar-refractivity contribution in [2.24, 2.45) is 0 Å². The molecule has 0 aliphatic rings. The molecule has 1 atom stereocenters. The van der Waals surface area contributed by atoms with Crippen molar-refractivity contribution in [3.05, 3.63) is 107 Å². The van der Waals surface area contributed by atoms with E-state index in [0.29, 0.717) is 32.4 Å². The Kier molecular flexibility index (Phi) is 10.6. The highest BCUT2D eigenvalue weighted by molar-refractivity contribution is 5.88. The number of aryl methyl sites for hydroxylation is 2. The summed E-state index contributed by atoms with van der Waals surface area (Å²) in [6.07, 6.45) is 4.44. The quantitative estimate of drug-likeness (QED) is 0.324. The number of benzene rings is 3. The maximum atomic E-state index is 13.7. The van der Waals surface area contributed by atoms with Gasteiger partial charge in [-0.05, 0) is 41.5 Å². The Labute approximate surface area is 210 Å². The number of hydrogen-bond acceptors (Lipinski definition) is 2. The van der Waals surface area contributed by atoms with E-state index in [9.17, 15) is 9.59 Å². The minimum absolute atomic E-state index is 0.00000577. The molecule has 0 radical (unpaired) electrons. The third-order valence-electron chi connectivity index (χ3n) is 6.36. The Balaban J connectivity index is 1.83. The highest BCUT2D eigenvalue weighted by Crippen LogP contribution is 2.17. The first-order valence-corrected chi connectivity index (χ1v) is 12.8. The van der Waals surface area contributed by atoms with Crippen LogP contribution in [0.15, 0.2) is 84.9 Å². The first-order valence-electron chi connectivity index (χ1n) is 12.8. The minimum atomic E-state index is -0.565. The molecule has 35 heavy (non-hydrogen) atoms. The summed E-state index contributed by atoms with van der Waals surface area (Å²) < 4.78 is 0. The lowest BCUT2D eigenvalue weighted by Crippen LogP contribution is -2.50. The normalized spacial score (nSPS) is 11.6. The molecular formula is C31H38N2O2. The molecule has 3 aromatic carbocycles. The molecule has 0 spiro atoms. The number of nitrogens with zero attached hydrogens (tertiary/aromatic N) is 1. The van der Waals surface area contributed by atoms with E-state index < -0.39 is 6.04 Å². The van der Waals surface area contributed by atoms with E-state index in [1.807, 2.05) is 60.7 Å². The van der Waals surface area contributed by atoms with Gasteiger partial charge in [0, 0.05) is 25.9 Å². The maximum absolute atomic E-state index is 13.7. The van der Waals surface area contributed by atoms with Crippen molar-refractivity contribution in [2.75, 3.05) is 6.54 Å². The largest absolute Gasteiger partial charge is 0.354 e. The number of carbonyl (C=O) groups is 2. The molecule has 4 nitrogen and oxygen atoms in total. The summed E-state index contributed by atoms with van der Waals surface area (Å²) in [5, 5.41) is 3.08. The molecule has 0 aliphatic heterocycles. The van der Waals surface area contributed by atoms with Gasteiger partial charge in [-0.3, -0.25) is 9.59 Å². The van der Waals surface area contributed by atoms with Crippen LogP contribution in [0.3, 0.4) is 0 Å². The van der Waals surface area contributed by atoms with E-state index in [4.69, 9.17) is 0 Å². The molecule has 0 fully saturated rings. The van der Waals surface area contributed by atoms with Gasteiger partial charge >= 0.3 is 0 Å². The zero-order valence-corrected chi connectivity index (χ0v) is 21.1. The van der Waals surface area contributed by atoms with Gasteiger partial charge in [0.25, 0.3) is 0 Å². The maximum Gasteiger partial charge on any atom is 0.243 e. The molecule has 0 saturated carbocycles. The van der Waals surface area contributed by atoms with E-state index in [2.05, 4.69) is 43.4 Å². The summed E-state index contributed by atoms with van der Waals surface area (Å²) in [5.74, 6) is -0.0844. The molecular weight excluding hydrogens is 432 g/mol.